The molecule has 0 spiro atoms. The van der Waals surface area contributed by atoms with E-state index in [-0.39, 0.29) is 5.69 Å². The highest BCUT2D eigenvalue weighted by Gasteiger charge is 2.13. The van der Waals surface area contributed by atoms with Crippen molar-refractivity contribution >= 4 is 23.3 Å². The van der Waals surface area contributed by atoms with E-state index in [9.17, 15) is 19.7 Å². The van der Waals surface area contributed by atoms with Crippen LogP contribution in [-0.2, 0) is 9.53 Å². The highest BCUT2D eigenvalue weighted by atomic mass is 16.6. The predicted octanol–water partition coefficient (Wildman–Crippen LogP) is 3.32. The number of amides is 1. The lowest BCUT2D eigenvalue weighted by Crippen LogP contribution is -2.21. The van der Waals surface area contributed by atoms with Crippen molar-refractivity contribution in [2.75, 3.05) is 11.9 Å². The number of non-ortho nitro benzene ring substituents is 1. The fourth-order valence-corrected chi connectivity index (χ4v) is 2.17. The fourth-order valence-electron chi connectivity index (χ4n) is 2.17. The standard InChI is InChI=1S/C18H18N2O5/c1-11-4-5-14(8-12(11)2)18(22)25-10-17(21)19-16-7-6-15(20(23)24)9-13(16)3/h4-9H,10H2,1-3H3,(H,19,21). The number of rotatable bonds is 5. The molecule has 7 heteroatoms. The Morgan fingerprint density at radius 1 is 1.04 bits per heavy atom. The summed E-state index contributed by atoms with van der Waals surface area (Å²) in [5, 5.41) is 13.3. The van der Waals surface area contributed by atoms with E-state index in [1.807, 2.05) is 19.9 Å². The van der Waals surface area contributed by atoms with Crippen LogP contribution in [0.3, 0.4) is 0 Å². The second-order valence-corrected chi connectivity index (χ2v) is 5.68. The number of hydrogen-bond acceptors (Lipinski definition) is 5. The number of nitro benzene ring substituents is 1. The normalized spacial score (nSPS) is 10.2. The minimum Gasteiger partial charge on any atom is -0.452 e. The molecule has 0 radical (unpaired) electrons. The van der Waals surface area contributed by atoms with Crippen LogP contribution in [0.15, 0.2) is 36.4 Å². The highest BCUT2D eigenvalue weighted by Crippen LogP contribution is 2.21. The van der Waals surface area contributed by atoms with Crippen molar-refractivity contribution < 1.29 is 19.2 Å². The van der Waals surface area contributed by atoms with Gasteiger partial charge in [0.1, 0.15) is 0 Å². The van der Waals surface area contributed by atoms with Gasteiger partial charge in [-0.05, 0) is 55.7 Å². The molecule has 2 aromatic rings. The lowest BCUT2D eigenvalue weighted by atomic mass is 10.1. The zero-order valence-electron chi connectivity index (χ0n) is 14.2. The summed E-state index contributed by atoms with van der Waals surface area (Å²) in [5.41, 5.74) is 3.31. The van der Waals surface area contributed by atoms with Crippen molar-refractivity contribution in [3.63, 3.8) is 0 Å². The molecule has 0 aliphatic rings. The third kappa shape index (κ3) is 4.63. The van der Waals surface area contributed by atoms with Gasteiger partial charge in [0, 0.05) is 17.8 Å². The highest BCUT2D eigenvalue weighted by molar-refractivity contribution is 5.96. The molecular weight excluding hydrogens is 324 g/mol. The van der Waals surface area contributed by atoms with Gasteiger partial charge in [-0.2, -0.15) is 0 Å². The summed E-state index contributed by atoms with van der Waals surface area (Å²) in [5.74, 6) is -1.10. The van der Waals surface area contributed by atoms with Gasteiger partial charge >= 0.3 is 5.97 Å². The van der Waals surface area contributed by atoms with Crippen LogP contribution in [-0.4, -0.2) is 23.4 Å². The first-order valence-corrected chi connectivity index (χ1v) is 7.57. The molecule has 0 saturated heterocycles. The number of nitrogens with one attached hydrogen (secondary N) is 1. The van der Waals surface area contributed by atoms with Gasteiger partial charge in [-0.25, -0.2) is 4.79 Å². The van der Waals surface area contributed by atoms with Crippen LogP contribution in [0.2, 0.25) is 0 Å². The largest absolute Gasteiger partial charge is 0.452 e. The van der Waals surface area contributed by atoms with Crippen molar-refractivity contribution in [2.45, 2.75) is 20.8 Å². The Labute approximate surface area is 144 Å². The molecule has 0 bridgehead atoms. The molecule has 1 N–H and O–H groups in total. The van der Waals surface area contributed by atoms with Crippen LogP contribution in [0, 0.1) is 30.9 Å². The Kier molecular flexibility index (Phi) is 5.49. The fraction of sp³-hybridized carbons (Fsp3) is 0.222. The number of aryl methyl sites for hydroxylation is 3. The van der Waals surface area contributed by atoms with E-state index in [2.05, 4.69) is 5.32 Å². The number of ether oxygens (including phenoxy) is 1. The van der Waals surface area contributed by atoms with Gasteiger partial charge in [0.2, 0.25) is 0 Å². The van der Waals surface area contributed by atoms with Gasteiger partial charge < -0.3 is 10.1 Å². The number of benzene rings is 2. The summed E-state index contributed by atoms with van der Waals surface area (Å²) in [6.45, 7) is 5.02. The molecule has 130 valence electrons. The number of hydrogen-bond donors (Lipinski definition) is 1. The lowest BCUT2D eigenvalue weighted by molar-refractivity contribution is -0.384. The second kappa shape index (κ2) is 7.57. The first kappa shape index (κ1) is 18.1. The Balaban J connectivity index is 1.95. The van der Waals surface area contributed by atoms with E-state index in [4.69, 9.17) is 4.74 Å². The monoisotopic (exact) mass is 342 g/mol. The van der Waals surface area contributed by atoms with Gasteiger partial charge in [-0.1, -0.05) is 6.07 Å². The Morgan fingerprint density at radius 2 is 1.76 bits per heavy atom. The Bertz CT molecular complexity index is 845. The van der Waals surface area contributed by atoms with Crippen LogP contribution in [0.1, 0.15) is 27.0 Å². The third-order valence-corrected chi connectivity index (χ3v) is 3.77. The van der Waals surface area contributed by atoms with E-state index in [0.717, 1.165) is 11.1 Å². The maximum Gasteiger partial charge on any atom is 0.338 e. The summed E-state index contributed by atoms with van der Waals surface area (Å²) in [6, 6.07) is 9.25. The minimum atomic E-state index is -0.585. The molecule has 7 nitrogen and oxygen atoms in total. The van der Waals surface area contributed by atoms with Gasteiger partial charge in [0.05, 0.1) is 10.5 Å². The van der Waals surface area contributed by atoms with Crippen LogP contribution in [0.25, 0.3) is 0 Å². The molecular formula is C18H18N2O5. The maximum absolute atomic E-state index is 12.0. The molecule has 0 unspecified atom stereocenters. The summed E-state index contributed by atoms with van der Waals surface area (Å²) in [4.78, 5) is 34.1. The number of nitrogens with zero attached hydrogens (tertiary/aromatic N) is 1. The lowest BCUT2D eigenvalue weighted by Gasteiger charge is -2.09. The van der Waals surface area contributed by atoms with Crippen molar-refractivity contribution in [1.82, 2.24) is 0 Å². The van der Waals surface area contributed by atoms with Gasteiger partial charge in [0.15, 0.2) is 6.61 Å². The zero-order chi connectivity index (χ0) is 18.6. The Hall–Kier alpha value is -3.22. The smallest absolute Gasteiger partial charge is 0.338 e. The number of anilines is 1. The van der Waals surface area contributed by atoms with E-state index in [1.54, 1.807) is 19.1 Å². The summed E-state index contributed by atoms with van der Waals surface area (Å²) in [7, 11) is 0. The molecule has 0 heterocycles. The SMILES string of the molecule is Cc1ccc(C(=O)OCC(=O)Nc2ccc([N+](=O)[O-])cc2C)cc1C. The topological polar surface area (TPSA) is 98.5 Å². The molecule has 1 amide bonds. The van der Waals surface area contributed by atoms with Crippen molar-refractivity contribution in [1.29, 1.82) is 0 Å². The predicted molar refractivity (Wildman–Crippen MR) is 92.7 cm³/mol. The molecule has 2 aromatic carbocycles. The van der Waals surface area contributed by atoms with E-state index < -0.39 is 23.4 Å². The van der Waals surface area contributed by atoms with E-state index >= 15 is 0 Å². The summed E-state index contributed by atoms with van der Waals surface area (Å²) in [6.07, 6.45) is 0. The van der Waals surface area contributed by atoms with Crippen LogP contribution < -0.4 is 5.32 Å². The number of carbonyl (C=O) groups is 2. The molecule has 0 aliphatic heterocycles. The zero-order valence-corrected chi connectivity index (χ0v) is 14.2. The average Bonchev–Trinajstić information content (AvgIpc) is 2.56. The molecule has 0 aliphatic carbocycles. The first-order valence-electron chi connectivity index (χ1n) is 7.57. The van der Waals surface area contributed by atoms with Crippen LogP contribution >= 0.6 is 0 Å². The van der Waals surface area contributed by atoms with Gasteiger partial charge in [0.25, 0.3) is 11.6 Å². The number of nitro groups is 1. The quantitative estimate of drug-likeness (QED) is 0.510. The van der Waals surface area contributed by atoms with E-state index in [0.29, 0.717) is 16.8 Å². The second-order valence-electron chi connectivity index (χ2n) is 5.68. The first-order chi connectivity index (χ1) is 11.8. The number of carbonyl (C=O) groups excluding carboxylic acids is 2. The van der Waals surface area contributed by atoms with Crippen molar-refractivity contribution in [2.24, 2.45) is 0 Å². The van der Waals surface area contributed by atoms with Gasteiger partial charge in [-0.3, -0.25) is 14.9 Å². The average molecular weight is 342 g/mol. The number of esters is 1. The van der Waals surface area contributed by atoms with Crippen LogP contribution in [0.5, 0.6) is 0 Å². The Morgan fingerprint density at radius 3 is 2.36 bits per heavy atom. The third-order valence-electron chi connectivity index (χ3n) is 3.77. The van der Waals surface area contributed by atoms with Crippen molar-refractivity contribution in [3.8, 4) is 0 Å². The van der Waals surface area contributed by atoms with E-state index in [1.165, 1.54) is 18.2 Å². The minimum absolute atomic E-state index is 0.0586. The van der Waals surface area contributed by atoms with Crippen molar-refractivity contribution in [3.05, 3.63) is 68.8 Å². The molecule has 0 atom stereocenters. The van der Waals surface area contributed by atoms with Crippen LogP contribution in [0.4, 0.5) is 11.4 Å². The summed E-state index contributed by atoms with van der Waals surface area (Å²) < 4.78 is 5.00. The molecule has 0 fully saturated rings. The molecule has 0 saturated carbocycles. The summed E-state index contributed by atoms with van der Waals surface area (Å²) >= 11 is 0. The van der Waals surface area contributed by atoms with Gasteiger partial charge in [-0.15, -0.1) is 0 Å². The maximum atomic E-state index is 12.0. The molecule has 0 aromatic heterocycles. The molecule has 2 rings (SSSR count). The molecule has 25 heavy (non-hydrogen) atoms.